The molecule has 0 heterocycles. The third kappa shape index (κ3) is 2.89. The number of carbonyl (C=O) groups excluding carboxylic acids is 1. The van der Waals surface area contributed by atoms with Gasteiger partial charge in [-0.3, -0.25) is 4.79 Å². The molecule has 0 aromatic heterocycles. The summed E-state index contributed by atoms with van der Waals surface area (Å²) in [5.41, 5.74) is 0. The Bertz CT molecular complexity index is 627. The average molecular weight is 318 g/mol. The minimum atomic E-state index is -5.45. The van der Waals surface area contributed by atoms with Gasteiger partial charge < -0.3 is 4.18 Å². The number of hydrogen-bond acceptors (Lipinski definition) is 4. The lowest BCUT2D eigenvalue weighted by atomic mass is 10.3. The maximum absolute atomic E-state index is 13.2. The maximum Gasteiger partial charge on any atom is 0.347 e. The summed E-state index contributed by atoms with van der Waals surface area (Å²) in [4.78, 5) is 8.79. The molecule has 0 aliphatic rings. The van der Waals surface area contributed by atoms with E-state index in [2.05, 4.69) is 4.18 Å². The molecule has 0 N–H and O–H groups in total. The van der Waals surface area contributed by atoms with Gasteiger partial charge >= 0.3 is 16.1 Å². The predicted molar refractivity (Wildman–Crippen MR) is 54.4 cm³/mol. The number of carbonyl (C=O) groups is 1. The van der Waals surface area contributed by atoms with Crippen molar-refractivity contribution in [3.63, 3.8) is 0 Å². The lowest BCUT2D eigenvalue weighted by Gasteiger charge is -2.09. The van der Waals surface area contributed by atoms with Crippen LogP contribution < -0.4 is 0 Å². The number of benzene rings is 1. The van der Waals surface area contributed by atoms with Crippen LogP contribution in [0.25, 0.3) is 0 Å². The van der Waals surface area contributed by atoms with Crippen molar-refractivity contribution in [2.24, 2.45) is 0 Å². The second-order valence-electron chi connectivity index (χ2n) is 3.56. The standard InChI is InChI=1S/C10H7F5O4S/c1-2-3-4(16)19-20(17,18)10-8(14)6(12)5(11)7(13)9(10)15/h2-3H2,1H3. The molecule has 0 saturated carbocycles. The summed E-state index contributed by atoms with van der Waals surface area (Å²) in [5.74, 6) is -14.0. The molecule has 0 bridgehead atoms. The van der Waals surface area contributed by atoms with Gasteiger partial charge in [-0.15, -0.1) is 0 Å². The summed E-state index contributed by atoms with van der Waals surface area (Å²) in [7, 11) is -5.45. The van der Waals surface area contributed by atoms with Crippen LogP contribution in [0.5, 0.6) is 0 Å². The summed E-state index contributed by atoms with van der Waals surface area (Å²) < 4.78 is 91.5. The Balaban J connectivity index is 3.44. The van der Waals surface area contributed by atoms with Gasteiger partial charge in [-0.2, -0.15) is 8.42 Å². The molecular formula is C10H7F5O4S. The largest absolute Gasteiger partial charge is 0.347 e. The highest BCUT2D eigenvalue weighted by Crippen LogP contribution is 2.28. The molecule has 0 amide bonds. The molecule has 20 heavy (non-hydrogen) atoms. The lowest BCUT2D eigenvalue weighted by molar-refractivity contribution is -0.133. The minimum Gasteiger partial charge on any atom is -0.342 e. The molecule has 4 nitrogen and oxygen atoms in total. The van der Waals surface area contributed by atoms with E-state index in [4.69, 9.17) is 0 Å². The Labute approximate surface area is 110 Å². The molecule has 0 unspecified atom stereocenters. The van der Waals surface area contributed by atoms with Gasteiger partial charge in [-0.05, 0) is 6.42 Å². The molecule has 1 aromatic rings. The fourth-order valence-corrected chi connectivity index (χ4v) is 2.24. The summed E-state index contributed by atoms with van der Waals surface area (Å²) in [5, 5.41) is 0. The average Bonchev–Trinajstić information content (AvgIpc) is 2.33. The lowest BCUT2D eigenvalue weighted by Crippen LogP contribution is -2.18. The second kappa shape index (κ2) is 5.73. The Morgan fingerprint density at radius 1 is 0.950 bits per heavy atom. The monoisotopic (exact) mass is 318 g/mol. The Morgan fingerprint density at radius 3 is 1.75 bits per heavy atom. The van der Waals surface area contributed by atoms with Crippen LogP contribution in [0.2, 0.25) is 0 Å². The van der Waals surface area contributed by atoms with Gasteiger partial charge in [-0.25, -0.2) is 22.0 Å². The smallest absolute Gasteiger partial charge is 0.342 e. The highest BCUT2D eigenvalue weighted by Gasteiger charge is 2.35. The molecule has 1 rings (SSSR count). The van der Waals surface area contributed by atoms with Gasteiger partial charge in [-0.1, -0.05) is 6.92 Å². The third-order valence-electron chi connectivity index (χ3n) is 2.08. The first kappa shape index (κ1) is 16.3. The number of rotatable bonds is 4. The first-order valence-corrected chi connectivity index (χ1v) is 6.53. The van der Waals surface area contributed by atoms with Crippen LogP contribution in [0, 0.1) is 29.1 Å². The molecule has 10 heteroatoms. The first-order valence-electron chi connectivity index (χ1n) is 5.12. The van der Waals surface area contributed by atoms with Crippen molar-refractivity contribution in [1.29, 1.82) is 0 Å². The zero-order valence-corrected chi connectivity index (χ0v) is 10.7. The zero-order valence-electron chi connectivity index (χ0n) is 9.85. The first-order chi connectivity index (χ1) is 9.13. The van der Waals surface area contributed by atoms with Crippen molar-refractivity contribution >= 4 is 16.1 Å². The zero-order chi connectivity index (χ0) is 15.7. The fraction of sp³-hybridized carbons (Fsp3) is 0.300. The molecule has 0 aliphatic heterocycles. The van der Waals surface area contributed by atoms with Crippen molar-refractivity contribution in [2.45, 2.75) is 24.7 Å². The molecule has 0 aliphatic carbocycles. The van der Waals surface area contributed by atoms with Gasteiger partial charge in [0.15, 0.2) is 28.2 Å². The van der Waals surface area contributed by atoms with Gasteiger partial charge in [0, 0.05) is 6.42 Å². The number of halogens is 5. The summed E-state index contributed by atoms with van der Waals surface area (Å²) in [6.45, 7) is 1.48. The van der Waals surface area contributed by atoms with Crippen molar-refractivity contribution < 1.29 is 39.3 Å². The SMILES string of the molecule is CCCC(=O)OS(=O)(=O)c1c(F)c(F)c(F)c(F)c1F. The van der Waals surface area contributed by atoms with E-state index >= 15 is 0 Å². The molecular weight excluding hydrogens is 311 g/mol. The summed E-state index contributed by atoms with van der Waals surface area (Å²) >= 11 is 0. The van der Waals surface area contributed by atoms with Crippen LogP contribution in [0.15, 0.2) is 4.90 Å². The van der Waals surface area contributed by atoms with Crippen LogP contribution in [0.1, 0.15) is 19.8 Å². The van der Waals surface area contributed by atoms with E-state index in [1.165, 1.54) is 6.92 Å². The maximum atomic E-state index is 13.2. The van der Waals surface area contributed by atoms with E-state index < -0.39 is 56.5 Å². The van der Waals surface area contributed by atoms with E-state index in [1.807, 2.05) is 0 Å². The van der Waals surface area contributed by atoms with Crippen LogP contribution in [0.4, 0.5) is 22.0 Å². The number of hydrogen-bond donors (Lipinski definition) is 0. The van der Waals surface area contributed by atoms with Gasteiger partial charge in [0.2, 0.25) is 5.82 Å². The Hall–Kier alpha value is -1.71. The van der Waals surface area contributed by atoms with Crippen molar-refractivity contribution in [2.75, 3.05) is 0 Å². The third-order valence-corrected chi connectivity index (χ3v) is 3.34. The normalized spacial score (nSPS) is 11.5. The Kier molecular flexibility index (Phi) is 4.69. The van der Waals surface area contributed by atoms with Crippen molar-refractivity contribution in [3.05, 3.63) is 29.1 Å². The predicted octanol–water partition coefficient (Wildman–Crippen LogP) is 2.41. The molecule has 0 radical (unpaired) electrons. The van der Waals surface area contributed by atoms with E-state index in [-0.39, 0.29) is 6.42 Å². The van der Waals surface area contributed by atoms with Crippen LogP contribution in [0.3, 0.4) is 0 Å². The molecule has 0 atom stereocenters. The molecule has 112 valence electrons. The van der Waals surface area contributed by atoms with E-state index in [0.29, 0.717) is 0 Å². The van der Waals surface area contributed by atoms with Crippen LogP contribution in [-0.4, -0.2) is 14.4 Å². The van der Waals surface area contributed by atoms with E-state index in [0.717, 1.165) is 0 Å². The van der Waals surface area contributed by atoms with Crippen LogP contribution >= 0.6 is 0 Å². The molecule has 0 saturated heterocycles. The molecule has 1 aromatic carbocycles. The molecule has 0 fully saturated rings. The van der Waals surface area contributed by atoms with Crippen molar-refractivity contribution in [3.8, 4) is 0 Å². The minimum absolute atomic E-state index is 0.158. The van der Waals surface area contributed by atoms with Gasteiger partial charge in [0.25, 0.3) is 0 Å². The fourth-order valence-electron chi connectivity index (χ4n) is 1.21. The van der Waals surface area contributed by atoms with Gasteiger partial charge in [0.1, 0.15) is 0 Å². The van der Waals surface area contributed by atoms with E-state index in [9.17, 15) is 35.2 Å². The summed E-state index contributed by atoms with van der Waals surface area (Å²) in [6, 6.07) is 0. The highest BCUT2D eigenvalue weighted by molar-refractivity contribution is 7.87. The van der Waals surface area contributed by atoms with Crippen LogP contribution in [-0.2, 0) is 19.1 Å². The second-order valence-corrected chi connectivity index (χ2v) is 5.04. The quantitative estimate of drug-likeness (QED) is 0.370. The van der Waals surface area contributed by atoms with Crippen molar-refractivity contribution in [1.82, 2.24) is 0 Å². The summed E-state index contributed by atoms with van der Waals surface area (Å²) in [6.07, 6.45) is -0.250. The van der Waals surface area contributed by atoms with E-state index in [1.54, 1.807) is 0 Å². The highest BCUT2D eigenvalue weighted by atomic mass is 32.2. The van der Waals surface area contributed by atoms with Gasteiger partial charge in [0.05, 0.1) is 0 Å². The Morgan fingerprint density at radius 2 is 1.35 bits per heavy atom. The molecule has 0 spiro atoms. The topological polar surface area (TPSA) is 60.4 Å².